The van der Waals surface area contributed by atoms with Gasteiger partial charge >= 0.3 is 0 Å². The van der Waals surface area contributed by atoms with Gasteiger partial charge in [0.25, 0.3) is 0 Å². The molecule has 0 spiro atoms. The summed E-state index contributed by atoms with van der Waals surface area (Å²) in [6.07, 6.45) is 40.8. The molecule has 0 aliphatic carbocycles. The van der Waals surface area contributed by atoms with E-state index < -0.39 is 0 Å². The standard InChI is InChI=1S/C36H75NO4/c1-2-3-4-5-6-7-8-9-10-11-12-13-14-15-16-17-18-19-20-21-22-23-24-25-26-27-28-29-32-37(40-35-30-33-38)41-36-31-34-39/h38-39H,2-36H2,1H3. The van der Waals surface area contributed by atoms with E-state index in [-0.39, 0.29) is 13.2 Å². The maximum absolute atomic E-state index is 8.91. The number of unbranched alkanes of at least 4 members (excludes halogenated alkanes) is 27. The molecule has 0 heterocycles. The van der Waals surface area contributed by atoms with Crippen molar-refractivity contribution in [2.45, 2.75) is 200 Å². The fourth-order valence-electron chi connectivity index (χ4n) is 5.54. The van der Waals surface area contributed by atoms with Crippen molar-refractivity contribution in [2.75, 3.05) is 33.0 Å². The van der Waals surface area contributed by atoms with Gasteiger partial charge in [-0.2, -0.15) is 0 Å². The van der Waals surface area contributed by atoms with Crippen molar-refractivity contribution in [3.8, 4) is 0 Å². The Kier molecular flexibility index (Phi) is 37.6. The Balaban J connectivity index is 3.22. The maximum Gasteiger partial charge on any atom is 0.0733 e. The van der Waals surface area contributed by atoms with Crippen molar-refractivity contribution in [3.05, 3.63) is 0 Å². The van der Waals surface area contributed by atoms with Crippen LogP contribution in [0.25, 0.3) is 0 Å². The van der Waals surface area contributed by atoms with Gasteiger partial charge in [0.05, 0.1) is 19.8 Å². The average Bonchev–Trinajstić information content (AvgIpc) is 2.98. The van der Waals surface area contributed by atoms with E-state index >= 15 is 0 Å². The molecule has 5 heteroatoms. The van der Waals surface area contributed by atoms with Crippen LogP contribution in [0.4, 0.5) is 0 Å². The van der Waals surface area contributed by atoms with E-state index in [1.807, 2.05) is 0 Å². The van der Waals surface area contributed by atoms with Gasteiger partial charge in [-0.25, -0.2) is 0 Å². The molecule has 0 saturated carbocycles. The summed E-state index contributed by atoms with van der Waals surface area (Å²) in [5, 5.41) is 19.4. The van der Waals surface area contributed by atoms with Gasteiger partial charge in [-0.15, -0.1) is 0 Å². The predicted octanol–water partition coefficient (Wildman–Crippen LogP) is 10.9. The van der Waals surface area contributed by atoms with Crippen LogP contribution in [0, 0.1) is 0 Å². The van der Waals surface area contributed by atoms with Crippen LogP contribution in [0.15, 0.2) is 0 Å². The van der Waals surface area contributed by atoms with Crippen molar-refractivity contribution in [1.82, 2.24) is 5.23 Å². The second-order valence-electron chi connectivity index (χ2n) is 12.4. The number of hydroxylamine groups is 2. The molecule has 0 aromatic carbocycles. The smallest absolute Gasteiger partial charge is 0.0733 e. The molecule has 0 aromatic heterocycles. The monoisotopic (exact) mass is 586 g/mol. The molecule has 0 aliphatic heterocycles. The summed E-state index contributed by atoms with van der Waals surface area (Å²) in [6.45, 7) is 4.24. The number of nitrogens with zero attached hydrogens (tertiary/aromatic N) is 1. The molecule has 0 saturated heterocycles. The third-order valence-electron chi connectivity index (χ3n) is 8.27. The van der Waals surface area contributed by atoms with E-state index in [9.17, 15) is 0 Å². The molecule has 41 heavy (non-hydrogen) atoms. The fourth-order valence-corrected chi connectivity index (χ4v) is 5.54. The quantitative estimate of drug-likeness (QED) is 0.0561. The molecule has 0 atom stereocenters. The first-order valence-electron chi connectivity index (χ1n) is 18.6. The number of rotatable bonds is 37. The molecular weight excluding hydrogens is 510 g/mol. The fraction of sp³-hybridized carbons (Fsp3) is 1.00. The summed E-state index contributed by atoms with van der Waals surface area (Å²) in [7, 11) is 0. The lowest BCUT2D eigenvalue weighted by Crippen LogP contribution is -2.27. The van der Waals surface area contributed by atoms with Crippen molar-refractivity contribution < 1.29 is 19.9 Å². The topological polar surface area (TPSA) is 62.2 Å². The molecule has 0 amide bonds. The molecule has 0 fully saturated rings. The van der Waals surface area contributed by atoms with Crippen molar-refractivity contribution in [2.24, 2.45) is 0 Å². The Morgan fingerprint density at radius 1 is 0.341 bits per heavy atom. The minimum Gasteiger partial charge on any atom is -0.396 e. The lowest BCUT2D eigenvalue weighted by atomic mass is 10.0. The summed E-state index contributed by atoms with van der Waals surface area (Å²) in [6, 6.07) is 0. The van der Waals surface area contributed by atoms with Crippen LogP contribution in [0.5, 0.6) is 0 Å². The van der Waals surface area contributed by atoms with E-state index in [2.05, 4.69) is 6.92 Å². The molecule has 0 aliphatic rings. The van der Waals surface area contributed by atoms with Gasteiger partial charge in [0.15, 0.2) is 0 Å². The van der Waals surface area contributed by atoms with Crippen LogP contribution in [-0.4, -0.2) is 48.4 Å². The van der Waals surface area contributed by atoms with Crippen LogP contribution in [0.1, 0.15) is 200 Å². The lowest BCUT2D eigenvalue weighted by molar-refractivity contribution is -0.369. The van der Waals surface area contributed by atoms with Gasteiger partial charge in [0.1, 0.15) is 0 Å². The van der Waals surface area contributed by atoms with E-state index in [4.69, 9.17) is 19.9 Å². The van der Waals surface area contributed by atoms with Crippen molar-refractivity contribution >= 4 is 0 Å². The molecule has 5 nitrogen and oxygen atoms in total. The van der Waals surface area contributed by atoms with Gasteiger partial charge in [0, 0.05) is 13.2 Å². The molecule has 0 radical (unpaired) electrons. The average molecular weight is 586 g/mol. The van der Waals surface area contributed by atoms with E-state index in [0.29, 0.717) is 26.1 Å². The van der Waals surface area contributed by atoms with E-state index in [0.717, 1.165) is 13.0 Å². The number of hydrogen-bond acceptors (Lipinski definition) is 5. The normalized spacial score (nSPS) is 11.7. The molecular formula is C36H75NO4. The molecule has 0 aromatic rings. The SMILES string of the molecule is CCCCCCCCCCCCCCCCCCCCCCCCCCCCCCN(OCCCO)OCCCO. The number of hydrogen-bond donors (Lipinski definition) is 2. The largest absolute Gasteiger partial charge is 0.396 e. The van der Waals surface area contributed by atoms with Gasteiger partial charge in [0.2, 0.25) is 0 Å². The van der Waals surface area contributed by atoms with E-state index in [1.165, 1.54) is 173 Å². The molecule has 0 bridgehead atoms. The van der Waals surface area contributed by atoms with Gasteiger partial charge in [-0.1, -0.05) is 186 Å². The first kappa shape index (κ1) is 40.8. The Hall–Kier alpha value is -0.200. The van der Waals surface area contributed by atoms with Crippen LogP contribution in [0.3, 0.4) is 0 Å². The van der Waals surface area contributed by atoms with E-state index in [1.54, 1.807) is 5.23 Å². The minimum atomic E-state index is 0.129. The van der Waals surface area contributed by atoms with Crippen molar-refractivity contribution in [3.63, 3.8) is 0 Å². The van der Waals surface area contributed by atoms with Gasteiger partial charge < -0.3 is 10.2 Å². The van der Waals surface area contributed by atoms with Gasteiger partial charge in [-0.3, -0.25) is 9.68 Å². The Morgan fingerprint density at radius 3 is 0.829 bits per heavy atom. The molecule has 0 rings (SSSR count). The number of aliphatic hydroxyl groups is 2. The highest BCUT2D eigenvalue weighted by molar-refractivity contribution is 4.52. The maximum atomic E-state index is 8.91. The zero-order valence-corrected chi connectivity index (χ0v) is 27.9. The second-order valence-corrected chi connectivity index (χ2v) is 12.4. The van der Waals surface area contributed by atoms with Crippen LogP contribution in [-0.2, 0) is 9.68 Å². The first-order chi connectivity index (χ1) is 20.3. The highest BCUT2D eigenvalue weighted by atomic mass is 16.9. The summed E-state index contributed by atoms with van der Waals surface area (Å²) in [5.41, 5.74) is 0. The zero-order valence-electron chi connectivity index (χ0n) is 27.9. The highest BCUT2D eigenvalue weighted by Crippen LogP contribution is 2.16. The molecule has 2 N–H and O–H groups in total. The Labute approximate surface area is 257 Å². The Morgan fingerprint density at radius 2 is 0.585 bits per heavy atom. The summed E-state index contributed by atoms with van der Waals surface area (Å²) in [4.78, 5) is 11.1. The third kappa shape index (κ3) is 35.9. The molecule has 0 unspecified atom stereocenters. The summed E-state index contributed by atoms with van der Waals surface area (Å²) in [5.74, 6) is 0. The molecule has 248 valence electrons. The predicted molar refractivity (Wildman–Crippen MR) is 177 cm³/mol. The van der Waals surface area contributed by atoms with Crippen LogP contribution >= 0.6 is 0 Å². The zero-order chi connectivity index (χ0) is 29.7. The van der Waals surface area contributed by atoms with Crippen molar-refractivity contribution in [1.29, 1.82) is 0 Å². The van der Waals surface area contributed by atoms with Crippen LogP contribution in [0.2, 0.25) is 0 Å². The highest BCUT2D eigenvalue weighted by Gasteiger charge is 2.06. The summed E-state index contributed by atoms with van der Waals surface area (Å²) >= 11 is 0. The second kappa shape index (κ2) is 37.8. The van der Waals surface area contributed by atoms with Gasteiger partial charge in [-0.05, 0) is 19.3 Å². The summed E-state index contributed by atoms with van der Waals surface area (Å²) < 4.78 is 0. The third-order valence-corrected chi connectivity index (χ3v) is 8.27. The van der Waals surface area contributed by atoms with Crippen LogP contribution < -0.4 is 0 Å². The Bertz CT molecular complexity index is 441. The first-order valence-corrected chi connectivity index (χ1v) is 18.6. The minimum absolute atomic E-state index is 0.129. The lowest BCUT2D eigenvalue weighted by Gasteiger charge is -2.20. The number of aliphatic hydroxyl groups excluding tert-OH is 2.